The second kappa shape index (κ2) is 7.47. The maximum atomic E-state index is 13.1. The third-order valence-electron chi connectivity index (χ3n) is 4.59. The Morgan fingerprint density at radius 2 is 1.80 bits per heavy atom. The molecule has 0 aliphatic carbocycles. The fourth-order valence-electron chi connectivity index (χ4n) is 3.07. The van der Waals surface area contributed by atoms with Crippen LogP contribution in [0.5, 0.6) is 0 Å². The number of hydrogen-bond acceptors (Lipinski definition) is 6. The van der Waals surface area contributed by atoms with E-state index >= 15 is 0 Å². The maximum absolute atomic E-state index is 13.1. The highest BCUT2D eigenvalue weighted by atomic mass is 35.5. The molecule has 30 heavy (non-hydrogen) atoms. The molecular formula is C18H15Cl2N7O3. The lowest BCUT2D eigenvalue weighted by atomic mass is 10.2. The van der Waals surface area contributed by atoms with Crippen LogP contribution in [0.2, 0.25) is 10.0 Å². The zero-order valence-electron chi connectivity index (χ0n) is 15.8. The summed E-state index contributed by atoms with van der Waals surface area (Å²) >= 11 is 12.0. The lowest BCUT2D eigenvalue weighted by Gasteiger charge is -2.09. The maximum Gasteiger partial charge on any atom is 0.346 e. The molecule has 0 amide bonds. The molecule has 0 fully saturated rings. The van der Waals surface area contributed by atoms with Gasteiger partial charge in [-0.1, -0.05) is 29.3 Å². The first-order valence-electron chi connectivity index (χ1n) is 8.69. The molecule has 1 aromatic carbocycles. The molecule has 0 bridgehead atoms. The van der Waals surface area contributed by atoms with Crippen LogP contribution in [0.4, 0.5) is 11.8 Å². The number of rotatable bonds is 4. The molecule has 0 radical (unpaired) electrons. The van der Waals surface area contributed by atoms with Gasteiger partial charge in [0.1, 0.15) is 5.82 Å². The first-order chi connectivity index (χ1) is 14.3. The summed E-state index contributed by atoms with van der Waals surface area (Å²) in [5.74, 6) is 0.501. The number of aromatic amines is 1. The van der Waals surface area contributed by atoms with Crippen LogP contribution < -0.4 is 22.3 Å². The van der Waals surface area contributed by atoms with Gasteiger partial charge in [0.2, 0.25) is 5.95 Å². The molecule has 0 spiro atoms. The molecule has 0 aliphatic rings. The van der Waals surface area contributed by atoms with Gasteiger partial charge in [-0.3, -0.25) is 13.9 Å². The number of H-pyrrole nitrogens is 1. The monoisotopic (exact) mass is 447 g/mol. The molecule has 3 heterocycles. The number of nitrogens with one attached hydrogen (secondary N) is 2. The minimum absolute atomic E-state index is 0.0158. The van der Waals surface area contributed by atoms with E-state index in [1.807, 2.05) is 0 Å². The van der Waals surface area contributed by atoms with Crippen molar-refractivity contribution in [1.82, 2.24) is 28.7 Å². The zero-order chi connectivity index (χ0) is 21.6. The van der Waals surface area contributed by atoms with Crippen LogP contribution in [0, 0.1) is 0 Å². The standard InChI is InChI=1S/C18H15Cl2N7O3/c1-25-13-14(24-16(25)22-12-5-6-21-17(29)23-12)26(2)18(30)27(15(13)28)8-9-3-4-10(19)11(20)7-9/h3-7H,8H2,1-2H3,(H2,21,22,23,24,29). The molecular weight excluding hydrogens is 433 g/mol. The third-order valence-corrected chi connectivity index (χ3v) is 5.33. The summed E-state index contributed by atoms with van der Waals surface area (Å²) < 4.78 is 3.88. The highest BCUT2D eigenvalue weighted by Crippen LogP contribution is 2.23. The lowest BCUT2D eigenvalue weighted by Crippen LogP contribution is -2.39. The van der Waals surface area contributed by atoms with Crippen molar-refractivity contribution in [3.05, 3.63) is 77.4 Å². The molecule has 0 saturated carbocycles. The Balaban J connectivity index is 1.85. The number of halogens is 2. The molecule has 4 aromatic rings. The average Bonchev–Trinajstić information content (AvgIpc) is 3.03. The van der Waals surface area contributed by atoms with Crippen LogP contribution >= 0.6 is 23.2 Å². The highest BCUT2D eigenvalue weighted by molar-refractivity contribution is 6.42. The lowest BCUT2D eigenvalue weighted by molar-refractivity contribution is 0.655. The number of imidazole rings is 1. The topological polar surface area (TPSA) is 120 Å². The van der Waals surface area contributed by atoms with E-state index in [0.29, 0.717) is 15.6 Å². The van der Waals surface area contributed by atoms with Crippen molar-refractivity contribution in [2.75, 3.05) is 5.32 Å². The fraction of sp³-hybridized carbons (Fsp3) is 0.167. The van der Waals surface area contributed by atoms with Crippen molar-refractivity contribution in [2.24, 2.45) is 14.1 Å². The molecule has 0 unspecified atom stereocenters. The largest absolute Gasteiger partial charge is 0.346 e. The number of fused-ring (bicyclic) bond motifs is 1. The summed E-state index contributed by atoms with van der Waals surface area (Å²) in [6.45, 7) is 0.0158. The third kappa shape index (κ3) is 3.40. The second-order valence-electron chi connectivity index (χ2n) is 6.55. The Hall–Kier alpha value is -3.37. The number of anilines is 2. The van der Waals surface area contributed by atoms with E-state index in [2.05, 4.69) is 20.3 Å². The molecule has 0 aliphatic heterocycles. The van der Waals surface area contributed by atoms with Gasteiger partial charge >= 0.3 is 11.4 Å². The van der Waals surface area contributed by atoms with Crippen LogP contribution in [0.25, 0.3) is 11.2 Å². The van der Waals surface area contributed by atoms with Crippen molar-refractivity contribution in [3.8, 4) is 0 Å². The Labute approximate surface area is 178 Å². The zero-order valence-corrected chi connectivity index (χ0v) is 17.3. The van der Waals surface area contributed by atoms with Gasteiger partial charge in [0.25, 0.3) is 5.56 Å². The molecule has 4 rings (SSSR count). The van der Waals surface area contributed by atoms with Crippen LogP contribution in [-0.4, -0.2) is 28.7 Å². The van der Waals surface area contributed by atoms with E-state index in [1.165, 1.54) is 22.4 Å². The summed E-state index contributed by atoms with van der Waals surface area (Å²) in [6, 6.07) is 6.45. The number of nitrogens with zero attached hydrogens (tertiary/aromatic N) is 5. The van der Waals surface area contributed by atoms with Crippen molar-refractivity contribution in [3.63, 3.8) is 0 Å². The SMILES string of the molecule is Cn1c(Nc2cc[nH]c(=O)n2)nc2c1c(=O)n(Cc1ccc(Cl)c(Cl)c1)c(=O)n2C. The Kier molecular flexibility index (Phi) is 4.96. The average molecular weight is 448 g/mol. The van der Waals surface area contributed by atoms with Crippen LogP contribution in [0.1, 0.15) is 5.56 Å². The molecule has 2 N–H and O–H groups in total. The van der Waals surface area contributed by atoms with Crippen LogP contribution in [0.3, 0.4) is 0 Å². The van der Waals surface area contributed by atoms with E-state index in [-0.39, 0.29) is 29.5 Å². The van der Waals surface area contributed by atoms with Crippen LogP contribution in [0.15, 0.2) is 44.8 Å². The van der Waals surface area contributed by atoms with Gasteiger partial charge in [-0.25, -0.2) is 9.59 Å². The van der Waals surface area contributed by atoms with Crippen molar-refractivity contribution in [1.29, 1.82) is 0 Å². The number of aromatic nitrogens is 6. The normalized spacial score (nSPS) is 11.2. The molecule has 154 valence electrons. The van der Waals surface area contributed by atoms with E-state index < -0.39 is 16.9 Å². The van der Waals surface area contributed by atoms with Crippen molar-refractivity contribution >= 4 is 46.1 Å². The fourth-order valence-corrected chi connectivity index (χ4v) is 3.39. The molecule has 0 atom stereocenters. The van der Waals surface area contributed by atoms with Gasteiger partial charge in [0, 0.05) is 20.3 Å². The van der Waals surface area contributed by atoms with Gasteiger partial charge in [0.15, 0.2) is 11.2 Å². The van der Waals surface area contributed by atoms with E-state index in [0.717, 1.165) is 4.57 Å². The first-order valence-corrected chi connectivity index (χ1v) is 9.45. The first kappa shape index (κ1) is 19.9. The summed E-state index contributed by atoms with van der Waals surface area (Å²) in [6.07, 6.45) is 1.43. The predicted octanol–water partition coefficient (Wildman–Crippen LogP) is 1.62. The molecule has 0 saturated heterocycles. The number of benzene rings is 1. The smallest absolute Gasteiger partial charge is 0.313 e. The summed E-state index contributed by atoms with van der Waals surface area (Å²) in [5.41, 5.74) is -0.514. The van der Waals surface area contributed by atoms with E-state index in [1.54, 1.807) is 31.3 Å². The van der Waals surface area contributed by atoms with Crippen molar-refractivity contribution in [2.45, 2.75) is 6.54 Å². The molecule has 10 nitrogen and oxygen atoms in total. The number of hydrogen-bond donors (Lipinski definition) is 2. The van der Waals surface area contributed by atoms with Crippen molar-refractivity contribution < 1.29 is 0 Å². The van der Waals surface area contributed by atoms with E-state index in [9.17, 15) is 14.4 Å². The number of aryl methyl sites for hydroxylation is 2. The summed E-state index contributed by atoms with van der Waals surface area (Å²) in [7, 11) is 3.15. The van der Waals surface area contributed by atoms with Crippen LogP contribution in [-0.2, 0) is 20.6 Å². The minimum Gasteiger partial charge on any atom is -0.313 e. The highest BCUT2D eigenvalue weighted by Gasteiger charge is 2.19. The second-order valence-corrected chi connectivity index (χ2v) is 7.37. The van der Waals surface area contributed by atoms with Gasteiger partial charge < -0.3 is 14.9 Å². The van der Waals surface area contributed by atoms with E-state index in [4.69, 9.17) is 23.2 Å². The Bertz CT molecular complexity index is 1470. The summed E-state index contributed by atoms with van der Waals surface area (Å²) in [4.78, 5) is 47.9. The van der Waals surface area contributed by atoms with Gasteiger partial charge in [-0.05, 0) is 23.8 Å². The van der Waals surface area contributed by atoms with Gasteiger partial charge in [-0.2, -0.15) is 9.97 Å². The Morgan fingerprint density at radius 1 is 1.03 bits per heavy atom. The summed E-state index contributed by atoms with van der Waals surface area (Å²) in [5, 5.41) is 3.60. The van der Waals surface area contributed by atoms with Gasteiger partial charge in [0.05, 0.1) is 16.6 Å². The molecule has 3 aromatic heterocycles. The van der Waals surface area contributed by atoms with Gasteiger partial charge in [-0.15, -0.1) is 0 Å². The Morgan fingerprint density at radius 3 is 2.50 bits per heavy atom. The minimum atomic E-state index is -0.532. The quantitative estimate of drug-likeness (QED) is 0.490. The predicted molar refractivity (Wildman–Crippen MR) is 114 cm³/mol. The molecule has 12 heteroatoms.